The highest BCUT2D eigenvalue weighted by atomic mass is 32.2. The van der Waals surface area contributed by atoms with E-state index in [2.05, 4.69) is 5.32 Å². The normalized spacial score (nSPS) is 16.7. The molecule has 0 radical (unpaired) electrons. The van der Waals surface area contributed by atoms with Crippen molar-refractivity contribution in [3.8, 4) is 0 Å². The summed E-state index contributed by atoms with van der Waals surface area (Å²) < 4.78 is 26.1. The van der Waals surface area contributed by atoms with Crippen LogP contribution in [0.2, 0.25) is 0 Å². The van der Waals surface area contributed by atoms with Gasteiger partial charge in [-0.05, 0) is 37.1 Å². The van der Waals surface area contributed by atoms with E-state index in [4.69, 9.17) is 5.11 Å². The maximum Gasteiger partial charge on any atom is 0.323 e. The number of nitrogens with one attached hydrogen (secondary N) is 1. The molecule has 1 aromatic carbocycles. The predicted octanol–water partition coefficient (Wildman–Crippen LogP) is 1.34. The first-order valence-corrected chi connectivity index (χ1v) is 10.2. The molecule has 1 fully saturated rings. The van der Waals surface area contributed by atoms with E-state index in [0.29, 0.717) is 31.6 Å². The predicted molar refractivity (Wildman–Crippen MR) is 97.3 cm³/mol. The van der Waals surface area contributed by atoms with E-state index in [9.17, 15) is 18.0 Å². The molecule has 26 heavy (non-hydrogen) atoms. The number of anilines is 1. The van der Waals surface area contributed by atoms with Crippen LogP contribution in [-0.4, -0.2) is 53.6 Å². The van der Waals surface area contributed by atoms with Crippen LogP contribution in [0.5, 0.6) is 0 Å². The number of carboxylic acids is 1. The van der Waals surface area contributed by atoms with Crippen LogP contribution in [0, 0.1) is 5.92 Å². The van der Waals surface area contributed by atoms with Gasteiger partial charge in [-0.25, -0.2) is 12.7 Å². The Morgan fingerprint density at radius 3 is 2.54 bits per heavy atom. The van der Waals surface area contributed by atoms with Gasteiger partial charge in [0.2, 0.25) is 15.9 Å². The van der Waals surface area contributed by atoms with Gasteiger partial charge >= 0.3 is 5.97 Å². The lowest BCUT2D eigenvalue weighted by Crippen LogP contribution is -2.40. The molecule has 1 amide bonds. The highest BCUT2D eigenvalue weighted by molar-refractivity contribution is 7.88. The van der Waals surface area contributed by atoms with Crippen LogP contribution < -0.4 is 5.32 Å². The van der Waals surface area contributed by atoms with Crippen LogP contribution in [0.1, 0.15) is 12.8 Å². The van der Waals surface area contributed by atoms with E-state index in [0.717, 1.165) is 10.9 Å². The Labute approximate surface area is 151 Å². The van der Waals surface area contributed by atoms with E-state index in [-0.39, 0.29) is 18.4 Å². The summed E-state index contributed by atoms with van der Waals surface area (Å²) in [6.45, 7) is 0.593. The number of carbonyl (C=O) groups excluding carboxylic acids is 1. The highest BCUT2D eigenvalue weighted by Crippen LogP contribution is 2.24. The number of aliphatic carboxylic acids is 1. The van der Waals surface area contributed by atoms with Crippen molar-refractivity contribution in [2.75, 3.05) is 24.7 Å². The summed E-state index contributed by atoms with van der Waals surface area (Å²) in [7, 11) is -3.21. The van der Waals surface area contributed by atoms with Crippen molar-refractivity contribution in [2.45, 2.75) is 19.4 Å². The monoisotopic (exact) mass is 379 g/mol. The molecule has 1 aromatic heterocycles. The number of benzene rings is 1. The number of sulfonamides is 1. The summed E-state index contributed by atoms with van der Waals surface area (Å²) >= 11 is 0. The van der Waals surface area contributed by atoms with Crippen molar-refractivity contribution in [1.82, 2.24) is 8.87 Å². The molecule has 0 unspecified atom stereocenters. The van der Waals surface area contributed by atoms with Crippen molar-refractivity contribution >= 4 is 38.5 Å². The molecule has 1 aliphatic rings. The Morgan fingerprint density at radius 2 is 1.92 bits per heavy atom. The molecule has 8 nitrogen and oxygen atoms in total. The van der Waals surface area contributed by atoms with Crippen LogP contribution >= 0.6 is 0 Å². The number of rotatable bonds is 5. The molecule has 9 heteroatoms. The molecule has 0 saturated carbocycles. The average Bonchev–Trinajstić information content (AvgIpc) is 2.95. The van der Waals surface area contributed by atoms with Gasteiger partial charge < -0.3 is 15.0 Å². The molecule has 2 N–H and O–H groups in total. The van der Waals surface area contributed by atoms with Crippen LogP contribution in [-0.2, 0) is 26.2 Å². The number of aromatic nitrogens is 1. The SMILES string of the molecule is CS(=O)(=O)N1CCC(C(=O)Nc2ccc3c(ccn3CC(=O)O)c2)CC1. The Hall–Kier alpha value is -2.39. The summed E-state index contributed by atoms with van der Waals surface area (Å²) in [6, 6.07) is 7.13. The van der Waals surface area contributed by atoms with E-state index in [1.807, 2.05) is 0 Å². The fourth-order valence-electron chi connectivity index (χ4n) is 3.26. The topological polar surface area (TPSA) is 109 Å². The highest BCUT2D eigenvalue weighted by Gasteiger charge is 2.28. The van der Waals surface area contributed by atoms with Gasteiger partial charge in [-0.3, -0.25) is 9.59 Å². The molecule has 0 atom stereocenters. The Kier molecular flexibility index (Phi) is 5.01. The number of nitrogens with zero attached hydrogens (tertiary/aromatic N) is 2. The van der Waals surface area contributed by atoms with Crippen LogP contribution in [0.15, 0.2) is 30.5 Å². The first-order chi connectivity index (χ1) is 12.2. The Morgan fingerprint density at radius 1 is 1.23 bits per heavy atom. The maximum atomic E-state index is 12.4. The van der Waals surface area contributed by atoms with Gasteiger partial charge in [0.1, 0.15) is 6.54 Å². The minimum Gasteiger partial charge on any atom is -0.480 e. The van der Waals surface area contributed by atoms with Crippen LogP contribution in [0.25, 0.3) is 10.9 Å². The van der Waals surface area contributed by atoms with E-state index in [1.165, 1.54) is 10.6 Å². The molecular weight excluding hydrogens is 358 g/mol. The lowest BCUT2D eigenvalue weighted by molar-refractivity contribution is -0.137. The molecule has 0 bridgehead atoms. The van der Waals surface area contributed by atoms with Gasteiger partial charge in [-0.1, -0.05) is 0 Å². The second-order valence-corrected chi connectivity index (χ2v) is 8.52. The number of hydrogen-bond donors (Lipinski definition) is 2. The van der Waals surface area contributed by atoms with Gasteiger partial charge in [-0.2, -0.15) is 0 Å². The van der Waals surface area contributed by atoms with Crippen LogP contribution in [0.3, 0.4) is 0 Å². The summed E-state index contributed by atoms with van der Waals surface area (Å²) in [5, 5.41) is 12.6. The number of amides is 1. The van der Waals surface area contributed by atoms with Crippen molar-refractivity contribution in [3.63, 3.8) is 0 Å². The van der Waals surface area contributed by atoms with E-state index < -0.39 is 16.0 Å². The van der Waals surface area contributed by atoms with Gasteiger partial charge in [-0.15, -0.1) is 0 Å². The molecule has 0 aliphatic carbocycles. The third-order valence-electron chi connectivity index (χ3n) is 4.64. The molecule has 2 heterocycles. The number of carbonyl (C=O) groups is 2. The van der Waals surface area contributed by atoms with Crippen molar-refractivity contribution < 1.29 is 23.1 Å². The van der Waals surface area contributed by atoms with Crippen molar-refractivity contribution in [2.24, 2.45) is 5.92 Å². The summed E-state index contributed by atoms with van der Waals surface area (Å²) in [5.41, 5.74) is 1.42. The van der Waals surface area contributed by atoms with Crippen molar-refractivity contribution in [1.29, 1.82) is 0 Å². The molecule has 3 rings (SSSR count). The van der Waals surface area contributed by atoms with Gasteiger partial charge in [0.15, 0.2) is 0 Å². The fourth-order valence-corrected chi connectivity index (χ4v) is 4.13. The number of hydrogen-bond acceptors (Lipinski definition) is 4. The largest absolute Gasteiger partial charge is 0.480 e. The second kappa shape index (κ2) is 7.08. The number of fused-ring (bicyclic) bond motifs is 1. The molecule has 2 aromatic rings. The van der Waals surface area contributed by atoms with Gasteiger partial charge in [0, 0.05) is 41.8 Å². The maximum absolute atomic E-state index is 12.4. The zero-order chi connectivity index (χ0) is 18.9. The molecule has 1 aliphatic heterocycles. The van der Waals surface area contributed by atoms with Gasteiger partial charge in [0.05, 0.1) is 6.26 Å². The minimum absolute atomic E-state index is 0.117. The third kappa shape index (κ3) is 4.05. The smallest absolute Gasteiger partial charge is 0.323 e. The fraction of sp³-hybridized carbons (Fsp3) is 0.412. The lowest BCUT2D eigenvalue weighted by atomic mass is 9.97. The molecular formula is C17H21N3O5S. The first-order valence-electron chi connectivity index (χ1n) is 8.31. The molecule has 140 valence electrons. The summed E-state index contributed by atoms with van der Waals surface area (Å²) in [5.74, 6) is -1.26. The third-order valence-corrected chi connectivity index (χ3v) is 5.94. The minimum atomic E-state index is -3.21. The second-order valence-electron chi connectivity index (χ2n) is 6.54. The van der Waals surface area contributed by atoms with Crippen molar-refractivity contribution in [3.05, 3.63) is 30.5 Å². The van der Waals surface area contributed by atoms with E-state index >= 15 is 0 Å². The lowest BCUT2D eigenvalue weighted by Gasteiger charge is -2.29. The molecule has 1 saturated heterocycles. The van der Waals surface area contributed by atoms with E-state index in [1.54, 1.807) is 35.0 Å². The molecule has 0 spiro atoms. The number of carboxylic acid groups (broad SMARTS) is 1. The van der Waals surface area contributed by atoms with Gasteiger partial charge in [0.25, 0.3) is 0 Å². The Bertz CT molecular complexity index is 942. The first kappa shape index (κ1) is 18.4. The van der Waals surface area contributed by atoms with Crippen LogP contribution in [0.4, 0.5) is 5.69 Å². The standard InChI is InChI=1S/C17H21N3O5S/c1-26(24,25)20-8-5-12(6-9-20)17(23)18-14-2-3-15-13(10-14)4-7-19(15)11-16(21)22/h2-4,7,10,12H,5-6,8-9,11H2,1H3,(H,18,23)(H,21,22). The average molecular weight is 379 g/mol. The Balaban J connectivity index is 1.65. The summed E-state index contributed by atoms with van der Waals surface area (Å²) in [4.78, 5) is 23.3. The zero-order valence-corrected chi connectivity index (χ0v) is 15.2. The zero-order valence-electron chi connectivity index (χ0n) is 14.4. The summed E-state index contributed by atoms with van der Waals surface area (Å²) in [6.07, 6.45) is 3.87. The number of piperidine rings is 1. The quantitative estimate of drug-likeness (QED) is 0.815.